The summed E-state index contributed by atoms with van der Waals surface area (Å²) >= 11 is 0. The van der Waals surface area contributed by atoms with Gasteiger partial charge in [-0.2, -0.15) is 0 Å². The topological polar surface area (TPSA) is 81.8 Å². The fraction of sp³-hybridized carbons (Fsp3) is 0.786. The van der Waals surface area contributed by atoms with E-state index >= 15 is 0 Å². The molecule has 0 spiro atoms. The molecule has 118 valence electrons. The van der Waals surface area contributed by atoms with Crippen molar-refractivity contribution in [3.63, 3.8) is 0 Å². The summed E-state index contributed by atoms with van der Waals surface area (Å²) in [6.45, 7) is 1.68. The number of likely N-dealkylation sites (tertiary alicyclic amines) is 1. The van der Waals surface area contributed by atoms with E-state index in [0.717, 1.165) is 12.8 Å². The molecule has 2 unspecified atom stereocenters. The molecule has 2 N–H and O–H groups in total. The molecule has 21 heavy (non-hydrogen) atoms. The maximum atomic E-state index is 12.3. The summed E-state index contributed by atoms with van der Waals surface area (Å²) in [6.07, 6.45) is 2.80. The molecular formula is C14H24N4O3. The lowest BCUT2D eigenvalue weighted by atomic mass is 9.96. The highest BCUT2D eigenvalue weighted by Gasteiger charge is 2.30. The number of urea groups is 1. The zero-order valence-electron chi connectivity index (χ0n) is 12.7. The first kappa shape index (κ1) is 15.6. The van der Waals surface area contributed by atoms with Gasteiger partial charge < -0.3 is 20.4 Å². The van der Waals surface area contributed by atoms with Crippen LogP contribution in [0.2, 0.25) is 0 Å². The van der Waals surface area contributed by atoms with Crippen LogP contribution in [0.4, 0.5) is 4.79 Å². The second-order valence-electron chi connectivity index (χ2n) is 6.01. The van der Waals surface area contributed by atoms with Gasteiger partial charge in [0.1, 0.15) is 0 Å². The van der Waals surface area contributed by atoms with Gasteiger partial charge in [-0.3, -0.25) is 9.59 Å². The average Bonchev–Trinajstić information content (AvgIpc) is 2.48. The number of amides is 4. The van der Waals surface area contributed by atoms with Gasteiger partial charge >= 0.3 is 6.03 Å². The minimum Gasteiger partial charge on any atom is -0.354 e. The molecule has 0 aromatic rings. The third kappa shape index (κ3) is 4.09. The quantitative estimate of drug-likeness (QED) is 0.739. The van der Waals surface area contributed by atoms with Crippen molar-refractivity contribution in [1.82, 2.24) is 20.4 Å². The molecule has 7 heteroatoms. The molecule has 2 aliphatic heterocycles. The molecule has 2 heterocycles. The number of carbonyl (C=O) groups excluding carboxylic acids is 3. The Labute approximate surface area is 125 Å². The zero-order chi connectivity index (χ0) is 15.4. The Morgan fingerprint density at radius 3 is 2.71 bits per heavy atom. The molecule has 0 aromatic heterocycles. The Hall–Kier alpha value is -1.79. The average molecular weight is 296 g/mol. The molecule has 2 aliphatic rings. The van der Waals surface area contributed by atoms with Crippen molar-refractivity contribution in [3.8, 4) is 0 Å². The largest absolute Gasteiger partial charge is 0.354 e. The third-order valence-electron chi connectivity index (χ3n) is 4.06. The van der Waals surface area contributed by atoms with Gasteiger partial charge in [0, 0.05) is 46.2 Å². The highest BCUT2D eigenvalue weighted by Crippen LogP contribution is 2.18. The van der Waals surface area contributed by atoms with Crippen LogP contribution in [0, 0.1) is 5.92 Å². The highest BCUT2D eigenvalue weighted by atomic mass is 16.2. The number of nitrogens with zero attached hydrogens (tertiary/aromatic N) is 2. The van der Waals surface area contributed by atoms with E-state index in [1.165, 1.54) is 4.90 Å². The maximum absolute atomic E-state index is 12.3. The second-order valence-corrected chi connectivity index (χ2v) is 6.01. The number of piperidine rings is 2. The van der Waals surface area contributed by atoms with Gasteiger partial charge in [-0.1, -0.05) is 0 Å². The zero-order valence-corrected chi connectivity index (χ0v) is 12.7. The fourth-order valence-corrected chi connectivity index (χ4v) is 2.82. The highest BCUT2D eigenvalue weighted by molar-refractivity contribution is 5.82. The lowest BCUT2D eigenvalue weighted by molar-refractivity contribution is -0.129. The predicted molar refractivity (Wildman–Crippen MR) is 77.6 cm³/mol. The third-order valence-corrected chi connectivity index (χ3v) is 4.06. The molecule has 0 radical (unpaired) electrons. The number of hydrogen-bond donors (Lipinski definition) is 2. The van der Waals surface area contributed by atoms with E-state index in [9.17, 15) is 14.4 Å². The molecule has 0 aromatic carbocycles. The van der Waals surface area contributed by atoms with Crippen LogP contribution in [0.5, 0.6) is 0 Å². The number of hydrogen-bond acceptors (Lipinski definition) is 3. The predicted octanol–water partition coefficient (Wildman–Crippen LogP) is -0.225. The fourth-order valence-electron chi connectivity index (χ4n) is 2.82. The van der Waals surface area contributed by atoms with Crippen molar-refractivity contribution < 1.29 is 14.4 Å². The summed E-state index contributed by atoms with van der Waals surface area (Å²) in [6, 6.07) is -0.0347. The van der Waals surface area contributed by atoms with E-state index in [1.54, 1.807) is 19.0 Å². The Morgan fingerprint density at radius 1 is 1.33 bits per heavy atom. The summed E-state index contributed by atoms with van der Waals surface area (Å²) in [5.74, 6) is -0.117. The van der Waals surface area contributed by atoms with Crippen LogP contribution in [-0.4, -0.2) is 67.4 Å². The van der Waals surface area contributed by atoms with Crippen LogP contribution in [0.1, 0.15) is 25.7 Å². The molecule has 0 bridgehead atoms. The summed E-state index contributed by atoms with van der Waals surface area (Å²) in [5, 5.41) is 5.75. The van der Waals surface area contributed by atoms with Crippen molar-refractivity contribution >= 4 is 17.8 Å². The molecule has 2 atom stereocenters. The van der Waals surface area contributed by atoms with Gasteiger partial charge in [-0.15, -0.1) is 0 Å². The number of carbonyl (C=O) groups is 3. The Morgan fingerprint density at radius 2 is 2.10 bits per heavy atom. The minimum atomic E-state index is -0.153. The molecule has 2 rings (SSSR count). The Kier molecular flexibility index (Phi) is 5.03. The van der Waals surface area contributed by atoms with Crippen molar-refractivity contribution in [3.05, 3.63) is 0 Å². The summed E-state index contributed by atoms with van der Waals surface area (Å²) in [5.41, 5.74) is 0. The van der Waals surface area contributed by atoms with Crippen LogP contribution < -0.4 is 10.6 Å². The summed E-state index contributed by atoms with van der Waals surface area (Å²) < 4.78 is 0. The van der Waals surface area contributed by atoms with E-state index in [0.29, 0.717) is 32.5 Å². The van der Waals surface area contributed by atoms with E-state index in [1.807, 2.05) is 0 Å². The smallest absolute Gasteiger partial charge is 0.319 e. The van der Waals surface area contributed by atoms with Gasteiger partial charge in [0.2, 0.25) is 11.8 Å². The van der Waals surface area contributed by atoms with Gasteiger partial charge in [-0.05, 0) is 19.3 Å². The normalized spacial score (nSPS) is 26.0. The van der Waals surface area contributed by atoms with Gasteiger partial charge in [0.25, 0.3) is 0 Å². The SMILES string of the molecule is CN(C)C(=O)N1CCCC(C(=O)NC2CCC(=O)NC2)C1. The first-order valence-corrected chi connectivity index (χ1v) is 7.50. The first-order chi connectivity index (χ1) is 9.97. The maximum Gasteiger partial charge on any atom is 0.319 e. The monoisotopic (exact) mass is 296 g/mol. The van der Waals surface area contributed by atoms with Gasteiger partial charge in [-0.25, -0.2) is 4.79 Å². The first-order valence-electron chi connectivity index (χ1n) is 7.50. The molecule has 2 fully saturated rings. The van der Waals surface area contributed by atoms with Gasteiger partial charge in [0.15, 0.2) is 0 Å². The van der Waals surface area contributed by atoms with E-state index in [2.05, 4.69) is 10.6 Å². The van der Waals surface area contributed by atoms with Crippen LogP contribution in [-0.2, 0) is 9.59 Å². The summed E-state index contributed by atoms with van der Waals surface area (Å²) in [7, 11) is 3.44. The van der Waals surface area contributed by atoms with Crippen LogP contribution in [0.3, 0.4) is 0 Å². The molecule has 7 nitrogen and oxygen atoms in total. The van der Waals surface area contributed by atoms with Crippen molar-refractivity contribution in [1.29, 1.82) is 0 Å². The van der Waals surface area contributed by atoms with Crippen LogP contribution >= 0.6 is 0 Å². The molecular weight excluding hydrogens is 272 g/mol. The van der Waals surface area contributed by atoms with Crippen LogP contribution in [0.25, 0.3) is 0 Å². The van der Waals surface area contributed by atoms with E-state index in [-0.39, 0.29) is 29.8 Å². The molecule has 0 saturated carbocycles. The van der Waals surface area contributed by atoms with E-state index < -0.39 is 0 Å². The Bertz CT molecular complexity index is 414. The van der Waals surface area contributed by atoms with Crippen molar-refractivity contribution in [2.24, 2.45) is 5.92 Å². The minimum absolute atomic E-state index is 0.00703. The number of rotatable bonds is 2. The van der Waals surface area contributed by atoms with Crippen molar-refractivity contribution in [2.75, 3.05) is 33.7 Å². The standard InChI is InChI=1S/C14H24N4O3/c1-17(2)14(21)18-7-3-4-10(9-18)13(20)16-11-5-6-12(19)15-8-11/h10-11H,3-9H2,1-2H3,(H,15,19)(H,16,20). The second kappa shape index (κ2) is 6.78. The Balaban J connectivity index is 1.84. The van der Waals surface area contributed by atoms with E-state index in [4.69, 9.17) is 0 Å². The molecule has 4 amide bonds. The molecule has 0 aliphatic carbocycles. The van der Waals surface area contributed by atoms with Crippen molar-refractivity contribution in [2.45, 2.75) is 31.7 Å². The lowest BCUT2D eigenvalue weighted by Crippen LogP contribution is -2.52. The van der Waals surface area contributed by atoms with Crippen LogP contribution in [0.15, 0.2) is 0 Å². The van der Waals surface area contributed by atoms with Gasteiger partial charge in [0.05, 0.1) is 5.92 Å². The summed E-state index contributed by atoms with van der Waals surface area (Å²) in [4.78, 5) is 38.7. The lowest BCUT2D eigenvalue weighted by Gasteiger charge is -2.34. The number of nitrogens with one attached hydrogen (secondary N) is 2. The molecule has 2 saturated heterocycles.